The standard InChI is InChI=1S/C20H34O3Si/c1-13(2)16(12-23-24(7,8)19(3,4)5)15-11-20(6)10-9-14(15)17(21)18(20)22/h9-10,13-16H,11-12H2,1-8H3/t14-,15+,16-,20-/m1/s1. The van der Waals surface area contributed by atoms with Crippen LogP contribution < -0.4 is 0 Å². The van der Waals surface area contributed by atoms with Crippen molar-refractivity contribution < 1.29 is 14.0 Å². The molecule has 2 bridgehead atoms. The van der Waals surface area contributed by atoms with Crippen molar-refractivity contribution >= 4 is 19.9 Å². The van der Waals surface area contributed by atoms with Crippen LogP contribution in [-0.2, 0) is 14.0 Å². The summed E-state index contributed by atoms with van der Waals surface area (Å²) < 4.78 is 6.49. The lowest BCUT2D eigenvalue weighted by Gasteiger charge is -2.47. The summed E-state index contributed by atoms with van der Waals surface area (Å²) in [5.41, 5.74) is -0.597. The Balaban J connectivity index is 2.20. The van der Waals surface area contributed by atoms with Gasteiger partial charge >= 0.3 is 0 Å². The fraction of sp³-hybridized carbons (Fsp3) is 0.800. The Bertz CT molecular complexity index is 556. The van der Waals surface area contributed by atoms with E-state index >= 15 is 0 Å². The zero-order valence-corrected chi connectivity index (χ0v) is 17.6. The molecule has 0 unspecified atom stereocenters. The molecule has 24 heavy (non-hydrogen) atoms. The van der Waals surface area contributed by atoms with Crippen molar-refractivity contribution in [2.24, 2.45) is 29.1 Å². The molecular weight excluding hydrogens is 316 g/mol. The van der Waals surface area contributed by atoms with E-state index < -0.39 is 13.7 Å². The number of fused-ring (bicyclic) bond motifs is 2. The van der Waals surface area contributed by atoms with Crippen LogP contribution in [0.3, 0.4) is 0 Å². The number of ketones is 2. The molecule has 0 aromatic carbocycles. The molecule has 0 amide bonds. The first-order chi connectivity index (χ1) is 10.8. The number of Topliss-reactive ketones (excluding diaryl/α,β-unsaturated/α-hetero) is 2. The van der Waals surface area contributed by atoms with Crippen molar-refractivity contribution in [3.8, 4) is 0 Å². The van der Waals surface area contributed by atoms with Crippen LogP contribution in [0.25, 0.3) is 0 Å². The Hall–Kier alpha value is -0.743. The molecular formula is C20H34O3Si. The Kier molecular flexibility index (Phi) is 5.06. The topological polar surface area (TPSA) is 43.4 Å². The second-order valence-electron chi connectivity index (χ2n) is 9.84. The van der Waals surface area contributed by atoms with Gasteiger partial charge in [-0.15, -0.1) is 0 Å². The predicted molar refractivity (Wildman–Crippen MR) is 100 cm³/mol. The number of hydrogen-bond acceptors (Lipinski definition) is 3. The molecule has 0 saturated heterocycles. The van der Waals surface area contributed by atoms with E-state index in [1.807, 2.05) is 19.1 Å². The molecule has 0 aromatic rings. The average Bonchev–Trinajstić information content (AvgIpc) is 2.43. The summed E-state index contributed by atoms with van der Waals surface area (Å²) in [7, 11) is -1.82. The molecule has 4 heteroatoms. The van der Waals surface area contributed by atoms with E-state index in [1.165, 1.54) is 0 Å². The van der Waals surface area contributed by atoms with E-state index in [-0.39, 0.29) is 28.4 Å². The quantitative estimate of drug-likeness (QED) is 0.412. The molecule has 3 aliphatic rings. The molecule has 0 aromatic heterocycles. The second kappa shape index (κ2) is 6.21. The molecule has 1 saturated carbocycles. The first-order valence-corrected chi connectivity index (χ1v) is 12.1. The Morgan fingerprint density at radius 1 is 1.29 bits per heavy atom. The minimum atomic E-state index is -1.82. The van der Waals surface area contributed by atoms with E-state index in [0.29, 0.717) is 18.4 Å². The van der Waals surface area contributed by atoms with E-state index in [9.17, 15) is 9.59 Å². The molecule has 0 spiro atoms. The Labute approximate surface area is 148 Å². The predicted octanol–water partition coefficient (Wildman–Crippen LogP) is 4.63. The molecule has 3 aliphatic carbocycles. The van der Waals surface area contributed by atoms with Gasteiger partial charge in [0.25, 0.3) is 0 Å². The van der Waals surface area contributed by atoms with Gasteiger partial charge in [0.15, 0.2) is 8.32 Å². The van der Waals surface area contributed by atoms with Gasteiger partial charge < -0.3 is 4.43 Å². The van der Waals surface area contributed by atoms with Crippen LogP contribution in [-0.4, -0.2) is 26.5 Å². The highest BCUT2D eigenvalue weighted by atomic mass is 28.4. The van der Waals surface area contributed by atoms with Gasteiger partial charge in [-0.3, -0.25) is 9.59 Å². The molecule has 1 fully saturated rings. The molecule has 0 aliphatic heterocycles. The minimum Gasteiger partial charge on any atom is -0.417 e. The maximum absolute atomic E-state index is 12.5. The summed E-state index contributed by atoms with van der Waals surface area (Å²) in [6, 6.07) is 0. The van der Waals surface area contributed by atoms with Gasteiger partial charge in [0.1, 0.15) is 0 Å². The minimum absolute atomic E-state index is 0.178. The third kappa shape index (κ3) is 3.32. The van der Waals surface area contributed by atoms with Gasteiger partial charge in [-0.2, -0.15) is 0 Å². The van der Waals surface area contributed by atoms with Crippen LogP contribution in [0.15, 0.2) is 12.2 Å². The lowest BCUT2D eigenvalue weighted by atomic mass is 9.56. The molecule has 0 radical (unpaired) electrons. The fourth-order valence-corrected chi connectivity index (χ4v) is 4.82. The average molecular weight is 351 g/mol. The van der Waals surface area contributed by atoms with Gasteiger partial charge in [-0.05, 0) is 49.2 Å². The zero-order valence-electron chi connectivity index (χ0n) is 16.6. The summed E-state index contributed by atoms with van der Waals surface area (Å²) in [4.78, 5) is 24.7. The van der Waals surface area contributed by atoms with Crippen LogP contribution >= 0.6 is 0 Å². The molecule has 0 heterocycles. The summed E-state index contributed by atoms with van der Waals surface area (Å²) in [6.07, 6.45) is 4.73. The second-order valence-corrected chi connectivity index (χ2v) is 14.7. The van der Waals surface area contributed by atoms with Crippen molar-refractivity contribution in [3.05, 3.63) is 12.2 Å². The van der Waals surface area contributed by atoms with E-state index in [2.05, 4.69) is 47.7 Å². The third-order valence-corrected chi connectivity index (χ3v) is 11.2. The number of hydrogen-bond donors (Lipinski definition) is 0. The highest BCUT2D eigenvalue weighted by Crippen LogP contribution is 2.49. The van der Waals surface area contributed by atoms with Crippen molar-refractivity contribution in [2.75, 3.05) is 6.61 Å². The third-order valence-electron chi connectivity index (χ3n) is 6.69. The molecule has 3 nitrogen and oxygen atoms in total. The summed E-state index contributed by atoms with van der Waals surface area (Å²) in [5.74, 6) is 0.336. The molecule has 4 atom stereocenters. The van der Waals surface area contributed by atoms with Crippen molar-refractivity contribution in [3.63, 3.8) is 0 Å². The zero-order chi connectivity index (χ0) is 18.5. The number of carbonyl (C=O) groups excluding carboxylic acids is 2. The molecule has 0 N–H and O–H groups in total. The maximum atomic E-state index is 12.5. The highest BCUT2D eigenvalue weighted by Gasteiger charge is 2.53. The Morgan fingerprint density at radius 3 is 2.33 bits per heavy atom. The van der Waals surface area contributed by atoms with Crippen molar-refractivity contribution in [1.82, 2.24) is 0 Å². The number of allylic oxidation sites excluding steroid dienone is 2. The van der Waals surface area contributed by atoms with Gasteiger partial charge in [0.05, 0.1) is 5.41 Å². The van der Waals surface area contributed by atoms with Gasteiger partial charge in [0, 0.05) is 12.5 Å². The molecule has 136 valence electrons. The SMILES string of the molecule is CC(C)[C@@H](CO[Si](C)(C)C(C)(C)C)[C@H]1C[C@@]2(C)C=C[C@H]1C(=O)C2=O. The number of carbonyl (C=O) groups is 2. The monoisotopic (exact) mass is 350 g/mol. The maximum Gasteiger partial charge on any atom is 0.208 e. The first-order valence-electron chi connectivity index (χ1n) is 9.22. The Morgan fingerprint density at radius 2 is 1.88 bits per heavy atom. The largest absolute Gasteiger partial charge is 0.417 e. The molecule has 3 rings (SSSR count). The van der Waals surface area contributed by atoms with E-state index in [1.54, 1.807) is 0 Å². The fourth-order valence-electron chi connectivity index (χ4n) is 3.78. The van der Waals surface area contributed by atoms with Crippen LogP contribution in [0, 0.1) is 29.1 Å². The van der Waals surface area contributed by atoms with Gasteiger partial charge in [-0.25, -0.2) is 0 Å². The van der Waals surface area contributed by atoms with E-state index in [0.717, 1.165) is 6.42 Å². The van der Waals surface area contributed by atoms with Crippen LogP contribution in [0.4, 0.5) is 0 Å². The normalized spacial score (nSPS) is 31.9. The lowest BCUT2D eigenvalue weighted by Crippen LogP contribution is -2.53. The summed E-state index contributed by atoms with van der Waals surface area (Å²) in [6.45, 7) is 18.3. The summed E-state index contributed by atoms with van der Waals surface area (Å²) >= 11 is 0. The highest BCUT2D eigenvalue weighted by molar-refractivity contribution is 6.74. The first kappa shape index (κ1) is 19.6. The van der Waals surface area contributed by atoms with Gasteiger partial charge in [0.2, 0.25) is 11.6 Å². The van der Waals surface area contributed by atoms with E-state index in [4.69, 9.17) is 4.43 Å². The lowest BCUT2D eigenvalue weighted by molar-refractivity contribution is -0.149. The van der Waals surface area contributed by atoms with Crippen molar-refractivity contribution in [2.45, 2.75) is 66.1 Å². The van der Waals surface area contributed by atoms with Crippen LogP contribution in [0.1, 0.15) is 48.0 Å². The van der Waals surface area contributed by atoms with Crippen LogP contribution in [0.5, 0.6) is 0 Å². The van der Waals surface area contributed by atoms with Crippen LogP contribution in [0.2, 0.25) is 18.1 Å². The van der Waals surface area contributed by atoms with Crippen molar-refractivity contribution in [1.29, 1.82) is 0 Å². The summed E-state index contributed by atoms with van der Waals surface area (Å²) in [5, 5.41) is 0.178. The smallest absolute Gasteiger partial charge is 0.208 e. The van der Waals surface area contributed by atoms with Gasteiger partial charge in [-0.1, -0.05) is 46.8 Å². The number of rotatable bonds is 5.